The number of nitrogens with zero attached hydrogens (tertiary/aromatic N) is 4. The first kappa shape index (κ1) is 22.1. The third-order valence-corrected chi connectivity index (χ3v) is 6.27. The maximum absolute atomic E-state index is 12.3. The molecule has 3 aromatic rings. The van der Waals surface area contributed by atoms with Gasteiger partial charge >= 0.3 is 0 Å². The Labute approximate surface area is 189 Å². The van der Waals surface area contributed by atoms with Crippen LogP contribution >= 0.6 is 0 Å². The van der Waals surface area contributed by atoms with Crippen LogP contribution in [0.4, 0.5) is 0 Å². The summed E-state index contributed by atoms with van der Waals surface area (Å²) in [6.07, 6.45) is 10.6. The molecule has 7 nitrogen and oxygen atoms in total. The minimum atomic E-state index is -0.184. The molecule has 0 aromatic carbocycles. The SMILES string of the molecule is CCc1cc(C(=O)NCC2CCC(c3nc(C(C)C)ncc3-c3ccncc3)CC2)on1. The van der Waals surface area contributed by atoms with Crippen molar-refractivity contribution in [3.8, 4) is 11.1 Å². The number of aryl methyl sites for hydroxylation is 1. The lowest BCUT2D eigenvalue weighted by atomic mass is 9.79. The van der Waals surface area contributed by atoms with Crippen molar-refractivity contribution in [3.63, 3.8) is 0 Å². The zero-order chi connectivity index (χ0) is 22.5. The Morgan fingerprint density at radius 2 is 1.94 bits per heavy atom. The van der Waals surface area contributed by atoms with E-state index in [4.69, 9.17) is 9.51 Å². The number of pyridine rings is 1. The van der Waals surface area contributed by atoms with Crippen LogP contribution in [-0.2, 0) is 6.42 Å². The Balaban J connectivity index is 1.41. The van der Waals surface area contributed by atoms with Gasteiger partial charge in [0, 0.05) is 48.6 Å². The van der Waals surface area contributed by atoms with Crippen molar-refractivity contribution >= 4 is 5.91 Å². The first-order valence-corrected chi connectivity index (χ1v) is 11.6. The van der Waals surface area contributed by atoms with Crippen LogP contribution in [0, 0.1) is 5.92 Å². The molecule has 0 aliphatic heterocycles. The van der Waals surface area contributed by atoms with Crippen molar-refractivity contribution in [2.24, 2.45) is 5.92 Å². The van der Waals surface area contributed by atoms with Gasteiger partial charge < -0.3 is 9.84 Å². The molecule has 0 saturated heterocycles. The first-order valence-electron chi connectivity index (χ1n) is 11.6. The lowest BCUT2D eigenvalue weighted by molar-refractivity contribution is 0.0905. The zero-order valence-electron chi connectivity index (χ0n) is 19.0. The molecular formula is C25H31N5O2. The van der Waals surface area contributed by atoms with E-state index in [2.05, 4.69) is 34.3 Å². The largest absolute Gasteiger partial charge is 0.351 e. The molecular weight excluding hydrogens is 402 g/mol. The fraction of sp³-hybridized carbons (Fsp3) is 0.480. The van der Waals surface area contributed by atoms with Crippen LogP contribution in [0.2, 0.25) is 0 Å². The normalized spacial score (nSPS) is 18.6. The predicted molar refractivity (Wildman–Crippen MR) is 122 cm³/mol. The maximum Gasteiger partial charge on any atom is 0.289 e. The molecule has 32 heavy (non-hydrogen) atoms. The number of hydrogen-bond acceptors (Lipinski definition) is 6. The van der Waals surface area contributed by atoms with Crippen molar-refractivity contribution in [2.45, 2.75) is 64.7 Å². The van der Waals surface area contributed by atoms with E-state index in [0.717, 1.165) is 60.4 Å². The van der Waals surface area contributed by atoms with Crippen LogP contribution in [0.15, 0.2) is 41.3 Å². The molecule has 1 amide bonds. The number of hydrogen-bond donors (Lipinski definition) is 1. The van der Waals surface area contributed by atoms with Gasteiger partial charge in [0.25, 0.3) is 5.91 Å². The fourth-order valence-corrected chi connectivity index (χ4v) is 4.30. The fourth-order valence-electron chi connectivity index (χ4n) is 4.30. The first-order chi connectivity index (χ1) is 15.5. The summed E-state index contributed by atoms with van der Waals surface area (Å²) in [6.45, 7) is 6.90. The second-order valence-corrected chi connectivity index (χ2v) is 8.88. The highest BCUT2D eigenvalue weighted by Gasteiger charge is 2.27. The highest BCUT2D eigenvalue weighted by Crippen LogP contribution is 2.39. The highest BCUT2D eigenvalue weighted by molar-refractivity contribution is 5.91. The lowest BCUT2D eigenvalue weighted by Gasteiger charge is -2.29. The third-order valence-electron chi connectivity index (χ3n) is 6.27. The molecule has 3 heterocycles. The Kier molecular flexibility index (Phi) is 6.93. The van der Waals surface area contributed by atoms with Gasteiger partial charge in [-0.1, -0.05) is 25.9 Å². The summed E-state index contributed by atoms with van der Waals surface area (Å²) in [7, 11) is 0. The van der Waals surface area contributed by atoms with Crippen LogP contribution in [0.1, 0.15) is 86.1 Å². The van der Waals surface area contributed by atoms with Crippen molar-refractivity contribution in [1.82, 2.24) is 25.4 Å². The van der Waals surface area contributed by atoms with E-state index in [-0.39, 0.29) is 11.8 Å². The van der Waals surface area contributed by atoms with Crippen molar-refractivity contribution in [1.29, 1.82) is 0 Å². The van der Waals surface area contributed by atoms with Gasteiger partial charge in [-0.15, -0.1) is 0 Å². The number of rotatable bonds is 7. The summed E-state index contributed by atoms with van der Waals surface area (Å²) in [5.41, 5.74) is 4.15. The average molecular weight is 434 g/mol. The van der Waals surface area contributed by atoms with Gasteiger partial charge in [-0.2, -0.15) is 0 Å². The van der Waals surface area contributed by atoms with E-state index in [1.807, 2.05) is 37.6 Å². The van der Waals surface area contributed by atoms with Crippen LogP contribution in [0.3, 0.4) is 0 Å². The molecule has 0 bridgehead atoms. The van der Waals surface area contributed by atoms with Crippen LogP contribution in [-0.4, -0.2) is 32.6 Å². The van der Waals surface area contributed by atoms with Crippen molar-refractivity contribution < 1.29 is 9.32 Å². The van der Waals surface area contributed by atoms with Crippen molar-refractivity contribution in [2.75, 3.05) is 6.54 Å². The minimum Gasteiger partial charge on any atom is -0.351 e. The van der Waals surface area contributed by atoms with Gasteiger partial charge in [-0.3, -0.25) is 9.78 Å². The van der Waals surface area contributed by atoms with Gasteiger partial charge in [0.1, 0.15) is 5.82 Å². The van der Waals surface area contributed by atoms with Crippen LogP contribution < -0.4 is 5.32 Å². The van der Waals surface area contributed by atoms with E-state index in [0.29, 0.717) is 24.1 Å². The average Bonchev–Trinajstić information content (AvgIpc) is 3.32. The molecule has 1 aliphatic carbocycles. The van der Waals surface area contributed by atoms with Gasteiger partial charge in [0.2, 0.25) is 5.76 Å². The van der Waals surface area contributed by atoms with Gasteiger partial charge in [0.15, 0.2) is 0 Å². The lowest BCUT2D eigenvalue weighted by Crippen LogP contribution is -2.31. The summed E-state index contributed by atoms with van der Waals surface area (Å²) < 4.78 is 5.14. The predicted octanol–water partition coefficient (Wildman–Crippen LogP) is 4.92. The Hall–Kier alpha value is -3.09. The monoisotopic (exact) mass is 433 g/mol. The topological polar surface area (TPSA) is 93.8 Å². The molecule has 168 valence electrons. The number of carbonyl (C=O) groups excluding carboxylic acids is 1. The third kappa shape index (κ3) is 5.03. The smallest absolute Gasteiger partial charge is 0.289 e. The standard InChI is InChI=1S/C25H31N5O2/c1-4-20-13-22(32-30-20)25(31)28-14-17-5-7-19(8-6-17)23-21(18-9-11-26-12-10-18)15-27-24(29-23)16(2)3/h9-13,15-17,19H,4-8,14H2,1-3H3,(H,28,31). The number of amides is 1. The molecule has 0 radical (unpaired) electrons. The second kappa shape index (κ2) is 10.0. The minimum absolute atomic E-state index is 0.184. The number of carbonyl (C=O) groups is 1. The summed E-state index contributed by atoms with van der Waals surface area (Å²) in [6, 6.07) is 5.76. The summed E-state index contributed by atoms with van der Waals surface area (Å²) >= 11 is 0. The molecule has 0 unspecified atom stereocenters. The van der Waals surface area contributed by atoms with E-state index in [1.165, 1.54) is 0 Å². The summed E-state index contributed by atoms with van der Waals surface area (Å²) in [5, 5.41) is 6.91. The van der Waals surface area contributed by atoms with Crippen LogP contribution in [0.5, 0.6) is 0 Å². The second-order valence-electron chi connectivity index (χ2n) is 8.88. The van der Waals surface area contributed by atoms with E-state index < -0.39 is 0 Å². The van der Waals surface area contributed by atoms with E-state index in [9.17, 15) is 4.79 Å². The van der Waals surface area contributed by atoms with E-state index >= 15 is 0 Å². The molecule has 1 saturated carbocycles. The van der Waals surface area contributed by atoms with Gasteiger partial charge in [-0.25, -0.2) is 9.97 Å². The zero-order valence-corrected chi connectivity index (χ0v) is 19.0. The summed E-state index contributed by atoms with van der Waals surface area (Å²) in [4.78, 5) is 26.1. The number of aromatic nitrogens is 4. The summed E-state index contributed by atoms with van der Waals surface area (Å²) in [5.74, 6) is 2.14. The molecule has 3 aromatic heterocycles. The Bertz CT molecular complexity index is 1040. The molecule has 1 aliphatic rings. The molecule has 7 heteroatoms. The van der Waals surface area contributed by atoms with Crippen molar-refractivity contribution in [3.05, 3.63) is 59.8 Å². The molecule has 0 spiro atoms. The molecule has 4 rings (SSSR count). The maximum atomic E-state index is 12.3. The molecule has 0 atom stereocenters. The van der Waals surface area contributed by atoms with E-state index in [1.54, 1.807) is 6.07 Å². The van der Waals surface area contributed by atoms with Gasteiger partial charge in [-0.05, 0) is 55.7 Å². The number of nitrogens with one attached hydrogen (secondary N) is 1. The molecule has 1 fully saturated rings. The van der Waals surface area contributed by atoms with Crippen LogP contribution in [0.25, 0.3) is 11.1 Å². The highest BCUT2D eigenvalue weighted by atomic mass is 16.5. The molecule has 1 N–H and O–H groups in total. The quantitative estimate of drug-likeness (QED) is 0.569. The Morgan fingerprint density at radius 3 is 2.59 bits per heavy atom. The van der Waals surface area contributed by atoms with Gasteiger partial charge in [0.05, 0.1) is 11.4 Å². The Morgan fingerprint density at radius 1 is 1.19 bits per heavy atom.